The van der Waals surface area contributed by atoms with E-state index in [0.29, 0.717) is 42.3 Å². The minimum atomic E-state index is -3.15. The Morgan fingerprint density at radius 1 is 1.14 bits per heavy atom. The Kier molecular flexibility index (Phi) is 9.05. The number of hydrogen-bond acceptors (Lipinski definition) is 9. The predicted molar refractivity (Wildman–Crippen MR) is 164 cm³/mol. The quantitative estimate of drug-likeness (QED) is 0.183. The maximum absolute atomic E-state index is 13.5. The number of nitrogens with one attached hydrogen (secondary N) is 2. The zero-order valence-corrected chi connectivity index (χ0v) is 25.6. The molecule has 0 saturated carbocycles. The van der Waals surface area contributed by atoms with Crippen molar-refractivity contribution >= 4 is 48.2 Å². The molecule has 0 amide bonds. The molecule has 1 aliphatic heterocycles. The van der Waals surface area contributed by atoms with Crippen LogP contribution in [-0.4, -0.2) is 47.5 Å². The molecular formula is C30H31BrFN5O4S. The summed E-state index contributed by atoms with van der Waals surface area (Å²) >= 11 is 3.56. The first-order valence-corrected chi connectivity index (χ1v) is 16.0. The molecule has 0 radical (unpaired) electrons. The molecule has 12 heteroatoms. The summed E-state index contributed by atoms with van der Waals surface area (Å²) in [5.41, 5.74) is 2.05. The zero-order chi connectivity index (χ0) is 29.7. The number of fused-ring (bicyclic) bond motifs is 1. The highest BCUT2D eigenvalue weighted by molar-refractivity contribution is 9.10. The van der Waals surface area contributed by atoms with Gasteiger partial charge in [-0.15, -0.1) is 0 Å². The highest BCUT2D eigenvalue weighted by Gasteiger charge is 2.37. The summed E-state index contributed by atoms with van der Waals surface area (Å²) in [4.78, 5) is 13.5. The van der Waals surface area contributed by atoms with E-state index in [4.69, 9.17) is 9.47 Å². The second-order valence-electron chi connectivity index (χ2n) is 10.3. The topological polar surface area (TPSA) is 115 Å². The van der Waals surface area contributed by atoms with E-state index in [-0.39, 0.29) is 18.2 Å². The normalized spacial score (nSPS) is 16.6. The molecule has 0 fully saturated rings. The molecule has 9 nitrogen and oxygen atoms in total. The fraction of sp³-hybridized carbons (Fsp3) is 0.300. The molecule has 1 aliphatic rings. The molecule has 1 unspecified atom stereocenters. The molecule has 220 valence electrons. The van der Waals surface area contributed by atoms with Gasteiger partial charge in [0.1, 0.15) is 30.3 Å². The van der Waals surface area contributed by atoms with Gasteiger partial charge < -0.3 is 20.1 Å². The lowest BCUT2D eigenvalue weighted by Crippen LogP contribution is -2.40. The van der Waals surface area contributed by atoms with Crippen molar-refractivity contribution in [3.63, 3.8) is 0 Å². The Morgan fingerprint density at radius 2 is 2.00 bits per heavy atom. The van der Waals surface area contributed by atoms with E-state index in [2.05, 4.69) is 41.5 Å². The molecule has 2 N–H and O–H groups in total. The van der Waals surface area contributed by atoms with Crippen LogP contribution in [0.2, 0.25) is 0 Å². The van der Waals surface area contributed by atoms with Crippen LogP contribution < -0.4 is 15.4 Å². The van der Waals surface area contributed by atoms with E-state index in [1.165, 1.54) is 18.5 Å². The summed E-state index contributed by atoms with van der Waals surface area (Å²) < 4.78 is 50.6. The van der Waals surface area contributed by atoms with Crippen molar-refractivity contribution in [2.45, 2.75) is 37.7 Å². The first kappa shape index (κ1) is 29.9. The van der Waals surface area contributed by atoms with Gasteiger partial charge in [-0.05, 0) is 77.8 Å². The summed E-state index contributed by atoms with van der Waals surface area (Å²) in [6, 6.07) is 13.8. The third kappa shape index (κ3) is 6.88. The van der Waals surface area contributed by atoms with Gasteiger partial charge in [0.2, 0.25) is 0 Å². The fourth-order valence-corrected chi connectivity index (χ4v) is 5.90. The molecule has 2 aromatic heterocycles. The largest absolute Gasteiger partial charge is 0.488 e. The lowest BCUT2D eigenvalue weighted by atomic mass is 9.94. The molecule has 5 rings (SSSR count). The monoisotopic (exact) mass is 655 g/mol. The van der Waals surface area contributed by atoms with Crippen molar-refractivity contribution in [1.82, 2.24) is 20.3 Å². The summed E-state index contributed by atoms with van der Waals surface area (Å²) in [5.74, 6) is 0.942. The van der Waals surface area contributed by atoms with Gasteiger partial charge >= 0.3 is 0 Å². The van der Waals surface area contributed by atoms with Gasteiger partial charge in [0.15, 0.2) is 15.4 Å². The highest BCUT2D eigenvalue weighted by Crippen LogP contribution is 2.36. The van der Waals surface area contributed by atoms with Gasteiger partial charge in [-0.1, -0.05) is 12.1 Å². The summed E-state index contributed by atoms with van der Waals surface area (Å²) in [7, 11) is -3.15. The Morgan fingerprint density at radius 3 is 2.74 bits per heavy atom. The van der Waals surface area contributed by atoms with Gasteiger partial charge in [0.05, 0.1) is 39.1 Å². The first-order chi connectivity index (χ1) is 20.1. The van der Waals surface area contributed by atoms with Crippen LogP contribution >= 0.6 is 15.9 Å². The van der Waals surface area contributed by atoms with E-state index >= 15 is 0 Å². The Hall–Kier alpha value is -3.61. The summed E-state index contributed by atoms with van der Waals surface area (Å²) in [5, 5.41) is 6.93. The molecule has 0 saturated heterocycles. The number of pyridine rings is 1. The highest BCUT2D eigenvalue weighted by atomic mass is 79.9. The lowest BCUT2D eigenvalue weighted by Gasteiger charge is -2.29. The van der Waals surface area contributed by atoms with E-state index in [1.54, 1.807) is 38.4 Å². The third-order valence-corrected chi connectivity index (χ3v) is 9.83. The average molecular weight is 657 g/mol. The van der Waals surface area contributed by atoms with Gasteiger partial charge in [-0.2, -0.15) is 0 Å². The number of halogens is 2. The molecule has 3 heterocycles. The Bertz CT molecular complexity index is 1710. The third-order valence-electron chi connectivity index (χ3n) is 7.00. The average Bonchev–Trinajstić information content (AvgIpc) is 3.45. The number of anilines is 2. The van der Waals surface area contributed by atoms with Gasteiger partial charge in [-0.25, -0.2) is 22.8 Å². The standard InChI is InChI=1S/C30H31BrFN5O4S/c1-20(2)42(38,39)12-10-33-18-30(9-4-11-41-30)28-15-24-26(16-34-28)35-19-36-29(24)37-23-7-8-27(25(31)14-23)40-17-21-5-3-6-22(32)13-21/h3-8,11,13-16,19-20,33H,9-10,12,17-18H2,1-2H3,(H,35,36,37). The number of nitrogens with zero attached hydrogens (tertiary/aromatic N) is 3. The smallest absolute Gasteiger partial charge is 0.166 e. The molecule has 42 heavy (non-hydrogen) atoms. The minimum absolute atomic E-state index is 0.0471. The number of aromatic nitrogens is 3. The predicted octanol–water partition coefficient (Wildman–Crippen LogP) is 5.79. The van der Waals surface area contributed by atoms with Crippen LogP contribution in [0, 0.1) is 5.82 Å². The van der Waals surface area contributed by atoms with Crippen LogP contribution in [0.15, 0.2) is 77.9 Å². The van der Waals surface area contributed by atoms with Crippen LogP contribution in [0.25, 0.3) is 10.9 Å². The maximum Gasteiger partial charge on any atom is 0.166 e. The van der Waals surface area contributed by atoms with Crippen LogP contribution in [-0.2, 0) is 26.8 Å². The SMILES string of the molecule is CC(C)S(=O)(=O)CCNCC1(c2cc3c(Nc4ccc(OCc5cccc(F)c5)c(Br)c4)ncnc3cn2)CC=CO1. The Labute approximate surface area is 252 Å². The number of hydrogen-bond donors (Lipinski definition) is 2. The van der Waals surface area contributed by atoms with E-state index < -0.39 is 20.7 Å². The lowest BCUT2D eigenvalue weighted by molar-refractivity contribution is 0.0378. The van der Waals surface area contributed by atoms with Gasteiger partial charge in [-0.3, -0.25) is 4.98 Å². The van der Waals surface area contributed by atoms with Crippen molar-refractivity contribution in [1.29, 1.82) is 0 Å². The van der Waals surface area contributed by atoms with Crippen molar-refractivity contribution in [3.05, 3.63) is 94.9 Å². The summed E-state index contributed by atoms with van der Waals surface area (Å²) in [6.07, 6.45) is 7.31. The fourth-order valence-electron chi connectivity index (χ4n) is 4.50. The van der Waals surface area contributed by atoms with Crippen molar-refractivity contribution in [3.8, 4) is 5.75 Å². The van der Waals surface area contributed by atoms with Crippen LogP contribution in [0.5, 0.6) is 5.75 Å². The second kappa shape index (κ2) is 12.7. The molecule has 1 atom stereocenters. The molecular weight excluding hydrogens is 625 g/mol. The molecule has 0 aliphatic carbocycles. The Balaban J connectivity index is 1.32. The van der Waals surface area contributed by atoms with E-state index in [9.17, 15) is 12.8 Å². The zero-order valence-electron chi connectivity index (χ0n) is 23.2. The van der Waals surface area contributed by atoms with Crippen molar-refractivity contribution < 1.29 is 22.3 Å². The molecule has 2 aromatic carbocycles. The molecule has 4 aromatic rings. The van der Waals surface area contributed by atoms with Gasteiger partial charge in [0.25, 0.3) is 0 Å². The molecule has 0 spiro atoms. The minimum Gasteiger partial charge on any atom is -0.488 e. The van der Waals surface area contributed by atoms with Gasteiger partial charge in [0, 0.05) is 30.6 Å². The van der Waals surface area contributed by atoms with Crippen LogP contribution in [0.1, 0.15) is 31.5 Å². The van der Waals surface area contributed by atoms with E-state index in [1.807, 2.05) is 30.3 Å². The maximum atomic E-state index is 13.5. The van der Waals surface area contributed by atoms with Crippen molar-refractivity contribution in [2.75, 3.05) is 24.2 Å². The summed E-state index contributed by atoms with van der Waals surface area (Å²) in [6.45, 7) is 4.29. The molecule has 0 bridgehead atoms. The second-order valence-corrected chi connectivity index (χ2v) is 13.8. The number of benzene rings is 2. The van der Waals surface area contributed by atoms with Crippen LogP contribution in [0.4, 0.5) is 15.9 Å². The number of ether oxygens (including phenoxy) is 2. The number of sulfone groups is 1. The van der Waals surface area contributed by atoms with Crippen LogP contribution in [0.3, 0.4) is 0 Å². The number of rotatable bonds is 12. The van der Waals surface area contributed by atoms with E-state index in [0.717, 1.165) is 21.1 Å². The van der Waals surface area contributed by atoms with Crippen molar-refractivity contribution in [2.24, 2.45) is 0 Å². The first-order valence-electron chi connectivity index (χ1n) is 13.5.